The minimum Gasteiger partial charge on any atom is -0.465 e. The second-order valence-electron chi connectivity index (χ2n) is 3.19. The van der Waals surface area contributed by atoms with Gasteiger partial charge >= 0.3 is 5.97 Å². The van der Waals surface area contributed by atoms with Crippen LogP contribution in [-0.4, -0.2) is 36.4 Å². The molecule has 4 nitrogen and oxygen atoms in total. The fraction of sp³-hybridized carbons (Fsp3) is 0.455. The highest BCUT2D eigenvalue weighted by Crippen LogP contribution is 2.24. The van der Waals surface area contributed by atoms with Crippen LogP contribution in [0, 0.1) is 0 Å². The van der Waals surface area contributed by atoms with E-state index in [4.69, 9.17) is 16.3 Å². The van der Waals surface area contributed by atoms with Crippen LogP contribution >= 0.6 is 23.4 Å². The zero-order valence-corrected chi connectivity index (χ0v) is 11.3. The maximum absolute atomic E-state index is 11.5. The van der Waals surface area contributed by atoms with Crippen molar-refractivity contribution >= 4 is 29.3 Å². The number of hydrogen-bond acceptors (Lipinski definition) is 5. The molecule has 0 aliphatic heterocycles. The zero-order valence-electron chi connectivity index (χ0n) is 9.77. The van der Waals surface area contributed by atoms with Crippen molar-refractivity contribution in [3.63, 3.8) is 0 Å². The number of carbonyl (C=O) groups excluding carboxylic acids is 1. The molecule has 0 saturated heterocycles. The van der Waals surface area contributed by atoms with Crippen LogP contribution in [0.1, 0.15) is 6.92 Å². The van der Waals surface area contributed by atoms with E-state index in [0.29, 0.717) is 17.4 Å². The smallest absolute Gasteiger partial charge is 0.323 e. The summed E-state index contributed by atoms with van der Waals surface area (Å²) in [7, 11) is 1.72. The Morgan fingerprint density at radius 3 is 3.06 bits per heavy atom. The van der Waals surface area contributed by atoms with Crippen molar-refractivity contribution in [3.05, 3.63) is 23.4 Å². The number of halogens is 1. The number of nitrogens with one attached hydrogen (secondary N) is 1. The standard InChI is InChI=1S/C11H15ClN2O2S/c1-3-16-11(15)9(13-2)7-17-10-8(12)5-4-6-14-10/h4-6,9,13H,3,7H2,1-2H3. The summed E-state index contributed by atoms with van der Waals surface area (Å²) >= 11 is 7.40. The molecular weight excluding hydrogens is 260 g/mol. The summed E-state index contributed by atoms with van der Waals surface area (Å²) in [5, 5.41) is 4.22. The first-order valence-corrected chi connectivity index (χ1v) is 6.62. The number of hydrogen-bond donors (Lipinski definition) is 1. The molecule has 0 amide bonds. The molecule has 1 unspecified atom stereocenters. The molecule has 1 heterocycles. The first kappa shape index (κ1) is 14.3. The van der Waals surface area contributed by atoms with Gasteiger partial charge in [0.05, 0.1) is 11.6 Å². The SMILES string of the molecule is CCOC(=O)C(CSc1ncccc1Cl)NC. The van der Waals surface area contributed by atoms with E-state index in [1.807, 2.05) is 0 Å². The monoisotopic (exact) mass is 274 g/mol. The van der Waals surface area contributed by atoms with E-state index in [9.17, 15) is 4.79 Å². The summed E-state index contributed by atoms with van der Waals surface area (Å²) in [6.07, 6.45) is 1.67. The average Bonchev–Trinajstić information content (AvgIpc) is 2.32. The van der Waals surface area contributed by atoms with Gasteiger partial charge in [0.1, 0.15) is 11.1 Å². The summed E-state index contributed by atoms with van der Waals surface area (Å²) in [5.41, 5.74) is 0. The maximum Gasteiger partial charge on any atom is 0.323 e. The molecule has 0 aliphatic rings. The zero-order chi connectivity index (χ0) is 12.7. The summed E-state index contributed by atoms with van der Waals surface area (Å²) in [5.74, 6) is 0.279. The number of likely N-dealkylation sites (N-methyl/N-ethyl adjacent to an activating group) is 1. The Labute approximate surface area is 110 Å². The van der Waals surface area contributed by atoms with Crippen LogP contribution in [0.5, 0.6) is 0 Å². The minimum absolute atomic E-state index is 0.255. The lowest BCUT2D eigenvalue weighted by Gasteiger charge is -2.13. The van der Waals surface area contributed by atoms with Crippen LogP contribution in [0.2, 0.25) is 5.02 Å². The number of thioether (sulfide) groups is 1. The molecule has 1 aromatic rings. The molecule has 94 valence electrons. The van der Waals surface area contributed by atoms with Gasteiger partial charge in [-0.05, 0) is 26.1 Å². The second kappa shape index (κ2) is 7.53. The van der Waals surface area contributed by atoms with Crippen molar-refractivity contribution < 1.29 is 9.53 Å². The van der Waals surface area contributed by atoms with E-state index >= 15 is 0 Å². The Hall–Kier alpha value is -0.780. The van der Waals surface area contributed by atoms with Crippen molar-refractivity contribution in [2.45, 2.75) is 18.0 Å². The van der Waals surface area contributed by atoms with Gasteiger partial charge in [-0.3, -0.25) is 4.79 Å². The number of carbonyl (C=O) groups is 1. The first-order chi connectivity index (χ1) is 8.19. The van der Waals surface area contributed by atoms with Gasteiger partial charge in [0, 0.05) is 11.9 Å². The van der Waals surface area contributed by atoms with Gasteiger partial charge < -0.3 is 10.1 Å². The molecule has 1 rings (SSSR count). The predicted molar refractivity (Wildman–Crippen MR) is 69.5 cm³/mol. The lowest BCUT2D eigenvalue weighted by molar-refractivity contribution is -0.144. The third kappa shape index (κ3) is 4.53. The van der Waals surface area contributed by atoms with Gasteiger partial charge in [0.25, 0.3) is 0 Å². The number of rotatable bonds is 6. The van der Waals surface area contributed by atoms with Crippen LogP contribution in [0.15, 0.2) is 23.4 Å². The van der Waals surface area contributed by atoms with Gasteiger partial charge in [0.15, 0.2) is 0 Å². The molecule has 1 N–H and O–H groups in total. The largest absolute Gasteiger partial charge is 0.465 e. The Morgan fingerprint density at radius 2 is 2.47 bits per heavy atom. The first-order valence-electron chi connectivity index (χ1n) is 5.26. The van der Waals surface area contributed by atoms with E-state index in [2.05, 4.69) is 10.3 Å². The molecule has 1 atom stereocenters. The van der Waals surface area contributed by atoms with Crippen LogP contribution in [-0.2, 0) is 9.53 Å². The summed E-state index contributed by atoms with van der Waals surface area (Å²) in [6, 6.07) is 3.20. The van der Waals surface area contributed by atoms with E-state index in [1.165, 1.54) is 11.8 Å². The van der Waals surface area contributed by atoms with Crippen molar-refractivity contribution in [2.24, 2.45) is 0 Å². The lowest BCUT2D eigenvalue weighted by Crippen LogP contribution is -2.37. The van der Waals surface area contributed by atoms with E-state index < -0.39 is 0 Å². The number of esters is 1. The molecule has 17 heavy (non-hydrogen) atoms. The molecule has 0 radical (unpaired) electrons. The molecule has 1 aromatic heterocycles. The maximum atomic E-state index is 11.5. The predicted octanol–water partition coefficient (Wildman–Crippen LogP) is 1.98. The van der Waals surface area contributed by atoms with Gasteiger partial charge in [-0.15, -0.1) is 11.8 Å². The normalized spacial score (nSPS) is 12.2. The van der Waals surface area contributed by atoms with Crippen molar-refractivity contribution in [3.8, 4) is 0 Å². The molecule has 6 heteroatoms. The Kier molecular flexibility index (Phi) is 6.32. The number of ether oxygens (including phenoxy) is 1. The quantitative estimate of drug-likeness (QED) is 0.635. The Bertz CT molecular complexity index is 376. The van der Waals surface area contributed by atoms with Crippen molar-refractivity contribution in [1.82, 2.24) is 10.3 Å². The Morgan fingerprint density at radius 1 is 1.71 bits per heavy atom. The molecule has 0 bridgehead atoms. The molecule has 0 aromatic carbocycles. The van der Waals surface area contributed by atoms with E-state index in [1.54, 1.807) is 32.3 Å². The fourth-order valence-electron chi connectivity index (χ4n) is 1.15. The summed E-state index contributed by atoms with van der Waals surface area (Å²) in [4.78, 5) is 15.7. The topological polar surface area (TPSA) is 51.2 Å². The van der Waals surface area contributed by atoms with E-state index in [0.717, 1.165) is 5.03 Å². The highest BCUT2D eigenvalue weighted by atomic mass is 35.5. The van der Waals surface area contributed by atoms with Crippen LogP contribution in [0.4, 0.5) is 0 Å². The van der Waals surface area contributed by atoms with Gasteiger partial charge in [-0.25, -0.2) is 4.98 Å². The fourth-order valence-corrected chi connectivity index (χ4v) is 2.41. The van der Waals surface area contributed by atoms with Gasteiger partial charge in [-0.1, -0.05) is 11.6 Å². The van der Waals surface area contributed by atoms with Crippen LogP contribution in [0.25, 0.3) is 0 Å². The third-order valence-corrected chi connectivity index (χ3v) is 3.55. The van der Waals surface area contributed by atoms with Gasteiger partial charge in [-0.2, -0.15) is 0 Å². The number of nitrogens with zero attached hydrogens (tertiary/aromatic N) is 1. The highest BCUT2D eigenvalue weighted by Gasteiger charge is 2.18. The average molecular weight is 275 g/mol. The van der Waals surface area contributed by atoms with Crippen LogP contribution in [0.3, 0.4) is 0 Å². The van der Waals surface area contributed by atoms with Crippen molar-refractivity contribution in [1.29, 1.82) is 0 Å². The lowest BCUT2D eigenvalue weighted by atomic mass is 10.3. The van der Waals surface area contributed by atoms with Gasteiger partial charge in [0.2, 0.25) is 0 Å². The summed E-state index contributed by atoms with van der Waals surface area (Å²) in [6.45, 7) is 2.17. The number of pyridine rings is 1. The van der Waals surface area contributed by atoms with Crippen molar-refractivity contribution in [2.75, 3.05) is 19.4 Å². The molecule has 0 saturated carbocycles. The molecule has 0 aliphatic carbocycles. The number of aromatic nitrogens is 1. The molecule has 0 fully saturated rings. The molecule has 0 spiro atoms. The third-order valence-electron chi connectivity index (χ3n) is 2.03. The second-order valence-corrected chi connectivity index (χ2v) is 4.61. The minimum atomic E-state index is -0.349. The summed E-state index contributed by atoms with van der Waals surface area (Å²) < 4.78 is 4.95. The highest BCUT2D eigenvalue weighted by molar-refractivity contribution is 7.99. The molecular formula is C11H15ClN2O2S. The van der Waals surface area contributed by atoms with E-state index in [-0.39, 0.29) is 12.0 Å². The Balaban J connectivity index is 2.53. The van der Waals surface area contributed by atoms with Crippen LogP contribution < -0.4 is 5.32 Å².